The van der Waals surface area contributed by atoms with Crippen LogP contribution in [0, 0.1) is 16.7 Å². The third-order valence-corrected chi connectivity index (χ3v) is 3.14. The first kappa shape index (κ1) is 10.7. The molecule has 0 aliphatic heterocycles. The van der Waals surface area contributed by atoms with Gasteiger partial charge in [-0.25, -0.2) is 0 Å². The summed E-state index contributed by atoms with van der Waals surface area (Å²) in [7, 11) is 0. The Morgan fingerprint density at radius 3 is 2.44 bits per heavy atom. The van der Waals surface area contributed by atoms with E-state index in [0.29, 0.717) is 12.8 Å². The fraction of sp³-hybridized carbons (Fsp3) is 0.385. The van der Waals surface area contributed by atoms with E-state index in [-0.39, 0.29) is 5.91 Å². The monoisotopic (exact) mass is 214 g/mol. The van der Waals surface area contributed by atoms with Gasteiger partial charge in [0.15, 0.2) is 0 Å². The second kappa shape index (κ2) is 4.36. The molecular formula is C13H14N2O. The normalized spacial score (nSPS) is 17.7. The number of nitrogens with zero attached hydrogens (tertiary/aromatic N) is 1. The number of nitrogens with one attached hydrogen (secondary N) is 1. The molecule has 0 aromatic heterocycles. The fourth-order valence-corrected chi connectivity index (χ4v) is 2.14. The lowest BCUT2D eigenvalue weighted by atomic mass is 9.87. The third-order valence-electron chi connectivity index (χ3n) is 3.14. The largest absolute Gasteiger partial charge is 0.325 e. The van der Waals surface area contributed by atoms with E-state index < -0.39 is 5.41 Å². The van der Waals surface area contributed by atoms with Crippen LogP contribution in [0.4, 0.5) is 5.69 Å². The molecule has 1 N–H and O–H groups in total. The molecule has 82 valence electrons. The summed E-state index contributed by atoms with van der Waals surface area (Å²) in [6.45, 7) is 0. The Balaban J connectivity index is 2.11. The molecule has 1 aliphatic carbocycles. The van der Waals surface area contributed by atoms with Crippen LogP contribution < -0.4 is 5.32 Å². The molecule has 1 aromatic carbocycles. The van der Waals surface area contributed by atoms with E-state index in [1.165, 1.54) is 0 Å². The Morgan fingerprint density at radius 1 is 1.25 bits per heavy atom. The van der Waals surface area contributed by atoms with Crippen molar-refractivity contribution in [1.29, 1.82) is 5.26 Å². The molecule has 0 heterocycles. The van der Waals surface area contributed by atoms with E-state index in [2.05, 4.69) is 11.4 Å². The van der Waals surface area contributed by atoms with Gasteiger partial charge in [-0.3, -0.25) is 4.79 Å². The van der Waals surface area contributed by atoms with Crippen molar-refractivity contribution in [2.45, 2.75) is 25.7 Å². The van der Waals surface area contributed by atoms with Crippen molar-refractivity contribution in [2.24, 2.45) is 5.41 Å². The Kier molecular flexibility index (Phi) is 2.91. The molecule has 0 bridgehead atoms. The number of amides is 1. The van der Waals surface area contributed by atoms with Crippen molar-refractivity contribution in [2.75, 3.05) is 5.32 Å². The van der Waals surface area contributed by atoms with Crippen molar-refractivity contribution in [1.82, 2.24) is 0 Å². The average Bonchev–Trinajstić information content (AvgIpc) is 2.80. The van der Waals surface area contributed by atoms with Crippen LogP contribution in [0.5, 0.6) is 0 Å². The zero-order valence-corrected chi connectivity index (χ0v) is 9.07. The van der Waals surface area contributed by atoms with Crippen molar-refractivity contribution >= 4 is 11.6 Å². The minimum atomic E-state index is -0.796. The number of rotatable bonds is 2. The van der Waals surface area contributed by atoms with Crippen LogP contribution in [-0.4, -0.2) is 5.91 Å². The summed E-state index contributed by atoms with van der Waals surface area (Å²) >= 11 is 0. The zero-order chi connectivity index (χ0) is 11.4. The molecule has 2 rings (SSSR count). The predicted molar refractivity (Wildman–Crippen MR) is 61.6 cm³/mol. The number of carbonyl (C=O) groups excluding carboxylic acids is 1. The van der Waals surface area contributed by atoms with Crippen LogP contribution in [0.15, 0.2) is 30.3 Å². The lowest BCUT2D eigenvalue weighted by molar-refractivity contribution is -0.122. The molecule has 1 aromatic rings. The van der Waals surface area contributed by atoms with Crippen molar-refractivity contribution < 1.29 is 4.79 Å². The average molecular weight is 214 g/mol. The van der Waals surface area contributed by atoms with Gasteiger partial charge in [0.25, 0.3) is 0 Å². The number of nitriles is 1. The summed E-state index contributed by atoms with van der Waals surface area (Å²) in [4.78, 5) is 12.0. The molecule has 3 heteroatoms. The van der Waals surface area contributed by atoms with E-state index in [0.717, 1.165) is 18.5 Å². The van der Waals surface area contributed by atoms with Gasteiger partial charge >= 0.3 is 0 Å². The second-order valence-electron chi connectivity index (χ2n) is 4.22. The maximum Gasteiger partial charge on any atom is 0.244 e. The number of anilines is 1. The minimum absolute atomic E-state index is 0.154. The lowest BCUT2D eigenvalue weighted by Crippen LogP contribution is -2.32. The summed E-state index contributed by atoms with van der Waals surface area (Å²) in [5.74, 6) is -0.154. The molecule has 0 atom stereocenters. The number of carbonyl (C=O) groups is 1. The Bertz CT molecular complexity index is 413. The van der Waals surface area contributed by atoms with Gasteiger partial charge in [-0.15, -0.1) is 0 Å². The highest BCUT2D eigenvalue weighted by Gasteiger charge is 2.41. The Hall–Kier alpha value is -1.82. The summed E-state index contributed by atoms with van der Waals surface area (Å²) in [5, 5.41) is 12.0. The highest BCUT2D eigenvalue weighted by molar-refractivity contribution is 5.97. The topological polar surface area (TPSA) is 52.9 Å². The first-order chi connectivity index (χ1) is 7.77. The first-order valence-corrected chi connectivity index (χ1v) is 5.55. The molecule has 1 aliphatic rings. The standard InChI is InChI=1S/C13H14N2O/c14-10-13(8-4-5-9-13)12(16)15-11-6-2-1-3-7-11/h1-3,6-7H,4-5,8-9H2,(H,15,16). The second-order valence-corrected chi connectivity index (χ2v) is 4.22. The molecule has 3 nitrogen and oxygen atoms in total. The Labute approximate surface area is 95.1 Å². The molecule has 1 amide bonds. The molecule has 0 spiro atoms. The SMILES string of the molecule is N#CC1(C(=O)Nc2ccccc2)CCCC1. The summed E-state index contributed by atoms with van der Waals surface area (Å²) in [6, 6.07) is 11.5. The molecule has 1 fully saturated rings. The van der Waals surface area contributed by atoms with Gasteiger partial charge in [-0.05, 0) is 25.0 Å². The van der Waals surface area contributed by atoms with Gasteiger partial charge < -0.3 is 5.32 Å². The fourth-order valence-electron chi connectivity index (χ4n) is 2.14. The quantitative estimate of drug-likeness (QED) is 0.822. The summed E-state index contributed by atoms with van der Waals surface area (Å²) < 4.78 is 0. The van der Waals surface area contributed by atoms with E-state index in [9.17, 15) is 4.79 Å². The zero-order valence-electron chi connectivity index (χ0n) is 9.07. The van der Waals surface area contributed by atoms with Gasteiger partial charge in [0.1, 0.15) is 5.41 Å². The summed E-state index contributed by atoms with van der Waals surface area (Å²) in [6.07, 6.45) is 3.30. The smallest absolute Gasteiger partial charge is 0.244 e. The summed E-state index contributed by atoms with van der Waals surface area (Å²) in [5.41, 5.74) is -0.0374. The van der Waals surface area contributed by atoms with Crippen LogP contribution in [-0.2, 0) is 4.79 Å². The highest BCUT2D eigenvalue weighted by atomic mass is 16.2. The highest BCUT2D eigenvalue weighted by Crippen LogP contribution is 2.38. The van der Waals surface area contributed by atoms with Crippen molar-refractivity contribution in [3.05, 3.63) is 30.3 Å². The minimum Gasteiger partial charge on any atom is -0.325 e. The van der Waals surface area contributed by atoms with E-state index >= 15 is 0 Å². The van der Waals surface area contributed by atoms with Crippen LogP contribution in [0.2, 0.25) is 0 Å². The van der Waals surface area contributed by atoms with E-state index in [1.54, 1.807) is 0 Å². The van der Waals surface area contributed by atoms with Crippen molar-refractivity contribution in [3.8, 4) is 6.07 Å². The number of hydrogen-bond acceptors (Lipinski definition) is 2. The van der Waals surface area contributed by atoms with E-state index in [4.69, 9.17) is 5.26 Å². The van der Waals surface area contributed by atoms with Gasteiger partial charge in [-0.1, -0.05) is 31.0 Å². The number of hydrogen-bond donors (Lipinski definition) is 1. The Morgan fingerprint density at radius 2 is 1.88 bits per heavy atom. The molecular weight excluding hydrogens is 200 g/mol. The van der Waals surface area contributed by atoms with Gasteiger partial charge in [-0.2, -0.15) is 5.26 Å². The number of para-hydroxylation sites is 1. The van der Waals surface area contributed by atoms with Crippen molar-refractivity contribution in [3.63, 3.8) is 0 Å². The third kappa shape index (κ3) is 1.92. The van der Waals surface area contributed by atoms with Crippen LogP contribution in [0.25, 0.3) is 0 Å². The first-order valence-electron chi connectivity index (χ1n) is 5.55. The van der Waals surface area contributed by atoms with E-state index in [1.807, 2.05) is 30.3 Å². The maximum atomic E-state index is 12.0. The molecule has 1 saturated carbocycles. The predicted octanol–water partition coefficient (Wildman–Crippen LogP) is 2.71. The molecule has 0 saturated heterocycles. The number of benzene rings is 1. The lowest BCUT2D eigenvalue weighted by Gasteiger charge is -2.19. The molecule has 0 unspecified atom stereocenters. The molecule has 16 heavy (non-hydrogen) atoms. The van der Waals surface area contributed by atoms with Crippen LogP contribution in [0.3, 0.4) is 0 Å². The maximum absolute atomic E-state index is 12.0. The van der Waals surface area contributed by atoms with Gasteiger partial charge in [0.05, 0.1) is 6.07 Å². The van der Waals surface area contributed by atoms with Crippen LogP contribution >= 0.6 is 0 Å². The van der Waals surface area contributed by atoms with Crippen LogP contribution in [0.1, 0.15) is 25.7 Å². The van der Waals surface area contributed by atoms with Gasteiger partial charge in [0, 0.05) is 5.69 Å². The van der Waals surface area contributed by atoms with Gasteiger partial charge in [0.2, 0.25) is 5.91 Å². The molecule has 0 radical (unpaired) electrons.